The van der Waals surface area contributed by atoms with E-state index in [1.807, 2.05) is 6.08 Å². The molecule has 0 saturated carbocycles. The van der Waals surface area contributed by atoms with Crippen molar-refractivity contribution in [2.45, 2.75) is 46.0 Å². The van der Waals surface area contributed by atoms with Crippen molar-refractivity contribution in [1.29, 1.82) is 0 Å². The van der Waals surface area contributed by atoms with E-state index in [2.05, 4.69) is 88.1 Å². The minimum atomic E-state index is 0.565. The number of hydrogen-bond donors (Lipinski definition) is 0. The van der Waals surface area contributed by atoms with Crippen LogP contribution in [0, 0.1) is 12.8 Å². The van der Waals surface area contributed by atoms with E-state index in [1.54, 1.807) is 0 Å². The molecule has 2 aromatic rings. The van der Waals surface area contributed by atoms with Gasteiger partial charge >= 0.3 is 0 Å². The monoisotopic (exact) mass is 366 g/mol. The standard InChI is InChI=1S/C28H30/c1-5-6-7-21-8-9-22(16-20(21)4)23-10-11-24(17-23)25-12-15-28-26(18-25)13-14-27(28)19(2)3/h5,8-9,11-19,27H,1,6-7,10H2,2-4H3. The van der Waals surface area contributed by atoms with Crippen LogP contribution in [0.5, 0.6) is 0 Å². The van der Waals surface area contributed by atoms with Crippen LogP contribution in [-0.4, -0.2) is 0 Å². The molecule has 1 unspecified atom stereocenters. The Morgan fingerprint density at radius 2 is 1.93 bits per heavy atom. The Balaban J connectivity index is 1.55. The minimum Gasteiger partial charge on any atom is -0.103 e. The van der Waals surface area contributed by atoms with Crippen LogP contribution in [0.1, 0.15) is 66.0 Å². The van der Waals surface area contributed by atoms with Gasteiger partial charge in [0.1, 0.15) is 0 Å². The molecule has 0 aromatic heterocycles. The second kappa shape index (κ2) is 7.80. The van der Waals surface area contributed by atoms with Gasteiger partial charge in [0, 0.05) is 5.92 Å². The van der Waals surface area contributed by atoms with E-state index >= 15 is 0 Å². The maximum absolute atomic E-state index is 3.84. The molecule has 0 heteroatoms. The lowest BCUT2D eigenvalue weighted by molar-refractivity contribution is 0.584. The second-order valence-electron chi connectivity index (χ2n) is 8.47. The van der Waals surface area contributed by atoms with Crippen molar-refractivity contribution >= 4 is 17.2 Å². The van der Waals surface area contributed by atoms with Crippen LogP contribution in [0.2, 0.25) is 0 Å². The predicted octanol–water partition coefficient (Wildman–Crippen LogP) is 7.75. The van der Waals surface area contributed by atoms with Crippen molar-refractivity contribution in [3.63, 3.8) is 0 Å². The molecule has 0 heterocycles. The maximum Gasteiger partial charge on any atom is 0.00502 e. The third kappa shape index (κ3) is 3.56. The molecule has 0 N–H and O–H groups in total. The Morgan fingerprint density at radius 1 is 1.11 bits per heavy atom. The topological polar surface area (TPSA) is 0 Å². The van der Waals surface area contributed by atoms with Crippen LogP contribution in [-0.2, 0) is 6.42 Å². The Hall–Kier alpha value is -2.60. The third-order valence-corrected chi connectivity index (χ3v) is 6.18. The van der Waals surface area contributed by atoms with Crippen LogP contribution < -0.4 is 0 Å². The molecule has 0 nitrogen and oxygen atoms in total. The highest BCUT2D eigenvalue weighted by molar-refractivity contribution is 5.90. The van der Waals surface area contributed by atoms with Gasteiger partial charge in [-0.15, -0.1) is 6.58 Å². The molecule has 0 amide bonds. The Labute approximate surface area is 170 Å². The largest absolute Gasteiger partial charge is 0.103 e. The SMILES string of the molecule is C=CCCc1ccc(C2=CC(c3ccc4c(c3)C=CC4C(C)C)=CC2)cc1C. The van der Waals surface area contributed by atoms with Gasteiger partial charge in [0.05, 0.1) is 0 Å². The molecule has 0 bridgehead atoms. The van der Waals surface area contributed by atoms with Crippen LogP contribution >= 0.6 is 0 Å². The lowest BCUT2D eigenvalue weighted by Gasteiger charge is -2.15. The number of hydrogen-bond acceptors (Lipinski definition) is 0. The highest BCUT2D eigenvalue weighted by Gasteiger charge is 2.21. The van der Waals surface area contributed by atoms with E-state index in [0.29, 0.717) is 11.8 Å². The van der Waals surface area contributed by atoms with Gasteiger partial charge in [0.2, 0.25) is 0 Å². The van der Waals surface area contributed by atoms with Crippen molar-refractivity contribution in [3.8, 4) is 0 Å². The number of aryl methyl sites for hydroxylation is 2. The number of allylic oxidation sites excluding steroid dienone is 6. The maximum atomic E-state index is 3.84. The van der Waals surface area contributed by atoms with E-state index in [0.717, 1.165) is 19.3 Å². The molecular formula is C28H30. The summed E-state index contributed by atoms with van der Waals surface area (Å²) < 4.78 is 0. The summed E-state index contributed by atoms with van der Waals surface area (Å²) in [6.45, 7) is 10.7. The van der Waals surface area contributed by atoms with Gasteiger partial charge in [-0.3, -0.25) is 0 Å². The molecule has 28 heavy (non-hydrogen) atoms. The summed E-state index contributed by atoms with van der Waals surface area (Å²) in [5.41, 5.74) is 11.1. The molecule has 4 rings (SSSR count). The Bertz CT molecular complexity index is 995. The van der Waals surface area contributed by atoms with E-state index in [4.69, 9.17) is 0 Å². The molecule has 0 fully saturated rings. The lowest BCUT2D eigenvalue weighted by atomic mass is 9.89. The molecule has 0 radical (unpaired) electrons. The summed E-state index contributed by atoms with van der Waals surface area (Å²) in [4.78, 5) is 0. The zero-order chi connectivity index (χ0) is 19.7. The van der Waals surface area contributed by atoms with Gasteiger partial charge in [-0.05, 0) is 82.7 Å². The summed E-state index contributed by atoms with van der Waals surface area (Å²) in [5, 5.41) is 0. The van der Waals surface area contributed by atoms with Gasteiger partial charge in [-0.25, -0.2) is 0 Å². The van der Waals surface area contributed by atoms with Crippen LogP contribution in [0.15, 0.2) is 67.3 Å². The second-order valence-corrected chi connectivity index (χ2v) is 8.47. The van der Waals surface area contributed by atoms with Crippen LogP contribution in [0.25, 0.3) is 17.2 Å². The molecule has 2 aliphatic carbocycles. The minimum absolute atomic E-state index is 0.565. The van der Waals surface area contributed by atoms with Crippen LogP contribution in [0.3, 0.4) is 0 Å². The van der Waals surface area contributed by atoms with Crippen LogP contribution in [0.4, 0.5) is 0 Å². The number of rotatable bonds is 6. The quantitative estimate of drug-likeness (QED) is 0.458. The molecule has 142 valence electrons. The molecule has 0 aliphatic heterocycles. The fraction of sp³-hybridized carbons (Fsp3) is 0.286. The van der Waals surface area contributed by atoms with Gasteiger partial charge in [0.15, 0.2) is 0 Å². The summed E-state index contributed by atoms with van der Waals surface area (Å²) in [6, 6.07) is 13.9. The first-order chi connectivity index (χ1) is 13.6. The first-order valence-electron chi connectivity index (χ1n) is 10.5. The van der Waals surface area contributed by atoms with Crippen molar-refractivity contribution in [2.75, 3.05) is 0 Å². The van der Waals surface area contributed by atoms with Gasteiger partial charge in [0.25, 0.3) is 0 Å². The first-order valence-corrected chi connectivity index (χ1v) is 10.5. The van der Waals surface area contributed by atoms with Gasteiger partial charge in [-0.2, -0.15) is 0 Å². The van der Waals surface area contributed by atoms with E-state index < -0.39 is 0 Å². The molecule has 0 spiro atoms. The van der Waals surface area contributed by atoms with E-state index in [-0.39, 0.29) is 0 Å². The van der Waals surface area contributed by atoms with E-state index in [9.17, 15) is 0 Å². The van der Waals surface area contributed by atoms with Crippen molar-refractivity contribution in [2.24, 2.45) is 5.92 Å². The summed E-state index contributed by atoms with van der Waals surface area (Å²) in [6.07, 6.45) is 14.5. The van der Waals surface area contributed by atoms with E-state index in [1.165, 1.54) is 44.5 Å². The van der Waals surface area contributed by atoms with Crippen molar-refractivity contribution in [3.05, 3.63) is 101 Å². The zero-order valence-corrected chi connectivity index (χ0v) is 17.3. The highest BCUT2D eigenvalue weighted by Crippen LogP contribution is 2.39. The Kier molecular flexibility index (Phi) is 5.22. The molecule has 1 atom stereocenters. The molecular weight excluding hydrogens is 336 g/mol. The smallest absolute Gasteiger partial charge is 0.00502 e. The number of fused-ring (bicyclic) bond motifs is 1. The first kappa shape index (κ1) is 18.7. The van der Waals surface area contributed by atoms with Crippen molar-refractivity contribution < 1.29 is 0 Å². The van der Waals surface area contributed by atoms with Crippen molar-refractivity contribution in [1.82, 2.24) is 0 Å². The third-order valence-electron chi connectivity index (χ3n) is 6.18. The molecule has 0 saturated heterocycles. The molecule has 2 aromatic carbocycles. The normalized spacial score (nSPS) is 17.6. The summed E-state index contributed by atoms with van der Waals surface area (Å²) in [5.74, 6) is 1.22. The highest BCUT2D eigenvalue weighted by atomic mass is 14.3. The average molecular weight is 367 g/mol. The van der Waals surface area contributed by atoms with Gasteiger partial charge < -0.3 is 0 Å². The fourth-order valence-corrected chi connectivity index (χ4v) is 4.46. The summed E-state index contributed by atoms with van der Waals surface area (Å²) >= 11 is 0. The average Bonchev–Trinajstić information content (AvgIpc) is 3.33. The summed E-state index contributed by atoms with van der Waals surface area (Å²) in [7, 11) is 0. The number of benzene rings is 2. The fourth-order valence-electron chi connectivity index (χ4n) is 4.46. The molecule has 2 aliphatic rings. The zero-order valence-electron chi connectivity index (χ0n) is 17.3. The Morgan fingerprint density at radius 3 is 2.68 bits per heavy atom. The predicted molar refractivity (Wildman–Crippen MR) is 123 cm³/mol. The lowest BCUT2D eigenvalue weighted by Crippen LogP contribution is -2.01. The van der Waals surface area contributed by atoms with Gasteiger partial charge in [-0.1, -0.05) is 74.6 Å².